The van der Waals surface area contributed by atoms with E-state index in [1.165, 1.54) is 9.30 Å². The summed E-state index contributed by atoms with van der Waals surface area (Å²) < 4.78 is 42.4. The highest BCUT2D eigenvalue weighted by atomic mass is 35.5. The number of hydrogen-bond donors (Lipinski definition) is 0. The number of halogens is 4. The van der Waals surface area contributed by atoms with Gasteiger partial charge in [0.1, 0.15) is 5.15 Å². The molecule has 0 atom stereocenters. The van der Waals surface area contributed by atoms with Gasteiger partial charge in [-0.05, 0) is 50.2 Å². The number of hydrogen-bond acceptors (Lipinski definition) is 3. The number of amides is 2. The largest absolute Gasteiger partial charge is 0.419 e. The van der Waals surface area contributed by atoms with Gasteiger partial charge < -0.3 is 9.80 Å². The molecule has 2 aromatic heterocycles. The number of carbonyl (C=O) groups excluding carboxylic acids is 2. The van der Waals surface area contributed by atoms with E-state index >= 15 is 0 Å². The lowest BCUT2D eigenvalue weighted by molar-refractivity contribution is -0.136. The van der Waals surface area contributed by atoms with Crippen molar-refractivity contribution in [1.82, 2.24) is 19.2 Å². The van der Waals surface area contributed by atoms with E-state index in [-0.39, 0.29) is 35.0 Å². The number of likely N-dealkylation sites (N-methyl/N-ethyl adjacent to an activating group) is 1. The van der Waals surface area contributed by atoms with Crippen molar-refractivity contribution >= 4 is 29.6 Å². The third-order valence-corrected chi connectivity index (χ3v) is 7.08. The first-order valence-corrected chi connectivity index (χ1v) is 11.9. The molecule has 2 saturated carbocycles. The minimum atomic E-state index is -4.62. The lowest BCUT2D eigenvalue weighted by Gasteiger charge is -2.33. The molecule has 0 aromatic carbocycles. The molecule has 0 bridgehead atoms. The Labute approximate surface area is 195 Å². The number of pyridine rings is 1. The number of rotatable bonds is 8. The fourth-order valence-electron chi connectivity index (χ4n) is 4.65. The van der Waals surface area contributed by atoms with Crippen molar-refractivity contribution < 1.29 is 22.8 Å². The van der Waals surface area contributed by atoms with E-state index in [2.05, 4.69) is 4.98 Å². The van der Waals surface area contributed by atoms with Crippen LogP contribution >= 0.6 is 11.6 Å². The number of fused-ring (bicyclic) bond motifs is 1. The molecule has 6 nitrogen and oxygen atoms in total. The van der Waals surface area contributed by atoms with E-state index in [0.717, 1.165) is 57.4 Å². The van der Waals surface area contributed by atoms with Crippen LogP contribution in [-0.4, -0.2) is 57.2 Å². The highest BCUT2D eigenvalue weighted by Crippen LogP contribution is 2.43. The molecule has 2 fully saturated rings. The van der Waals surface area contributed by atoms with Crippen LogP contribution in [-0.2, 0) is 11.0 Å². The number of carbonyl (C=O) groups is 2. The van der Waals surface area contributed by atoms with Crippen molar-refractivity contribution in [3.05, 3.63) is 34.2 Å². The lowest BCUT2D eigenvalue weighted by atomic mass is 9.94. The van der Waals surface area contributed by atoms with E-state index < -0.39 is 17.6 Å². The van der Waals surface area contributed by atoms with Crippen LogP contribution in [0.15, 0.2) is 12.3 Å². The summed E-state index contributed by atoms with van der Waals surface area (Å²) in [4.78, 5) is 32.1. The van der Waals surface area contributed by atoms with Gasteiger partial charge in [0, 0.05) is 31.9 Å². The van der Waals surface area contributed by atoms with Gasteiger partial charge in [-0.1, -0.05) is 30.9 Å². The van der Waals surface area contributed by atoms with Crippen molar-refractivity contribution in [2.75, 3.05) is 19.6 Å². The summed E-state index contributed by atoms with van der Waals surface area (Å²) in [5.74, 6) is -0.462. The Balaban J connectivity index is 1.59. The molecule has 10 heteroatoms. The SMILES string of the molecule is CCN(CCN(C=O)C1CCCCC1)C(=O)c1nc2c(C(F)(F)F)cc(C3CC3)cn2c1Cl. The molecule has 2 aliphatic carbocycles. The zero-order chi connectivity index (χ0) is 23.8. The monoisotopic (exact) mass is 484 g/mol. The first-order valence-electron chi connectivity index (χ1n) is 11.5. The molecule has 0 radical (unpaired) electrons. The number of imidazole rings is 1. The molecule has 2 heterocycles. The van der Waals surface area contributed by atoms with E-state index in [4.69, 9.17) is 11.6 Å². The normalized spacial score (nSPS) is 17.4. The van der Waals surface area contributed by atoms with Crippen LogP contribution in [0.25, 0.3) is 5.65 Å². The zero-order valence-electron chi connectivity index (χ0n) is 18.6. The average molecular weight is 485 g/mol. The molecular formula is C23H28ClF3N4O2. The Morgan fingerprint density at radius 3 is 2.48 bits per heavy atom. The second-order valence-corrected chi connectivity index (χ2v) is 9.28. The van der Waals surface area contributed by atoms with Crippen LogP contribution in [0, 0.1) is 0 Å². The number of aromatic nitrogens is 2. The van der Waals surface area contributed by atoms with Crippen LogP contribution in [0.2, 0.25) is 5.15 Å². The molecule has 0 aliphatic heterocycles. The predicted octanol–water partition coefficient (Wildman–Crippen LogP) is 5.14. The maximum atomic E-state index is 13.7. The van der Waals surface area contributed by atoms with Gasteiger partial charge in [0.25, 0.3) is 5.91 Å². The van der Waals surface area contributed by atoms with Crippen LogP contribution in [0.5, 0.6) is 0 Å². The average Bonchev–Trinajstić information content (AvgIpc) is 3.60. The topological polar surface area (TPSA) is 57.9 Å². The van der Waals surface area contributed by atoms with Gasteiger partial charge in [-0.25, -0.2) is 4.98 Å². The van der Waals surface area contributed by atoms with Gasteiger partial charge in [0.15, 0.2) is 11.3 Å². The molecule has 4 rings (SSSR count). The van der Waals surface area contributed by atoms with Crippen molar-refractivity contribution in [2.45, 2.75) is 70.0 Å². The quantitative estimate of drug-likeness (QED) is 0.488. The minimum Gasteiger partial charge on any atom is -0.341 e. The fourth-order valence-corrected chi connectivity index (χ4v) is 4.90. The highest BCUT2D eigenvalue weighted by molar-refractivity contribution is 6.33. The molecule has 2 aromatic rings. The zero-order valence-corrected chi connectivity index (χ0v) is 19.3. The molecular weight excluding hydrogens is 457 g/mol. The summed E-state index contributed by atoms with van der Waals surface area (Å²) in [6, 6.07) is 1.29. The second-order valence-electron chi connectivity index (χ2n) is 8.92. The maximum absolute atomic E-state index is 13.7. The Morgan fingerprint density at radius 1 is 1.21 bits per heavy atom. The lowest BCUT2D eigenvalue weighted by Crippen LogP contribution is -2.43. The molecule has 0 spiro atoms. The van der Waals surface area contributed by atoms with E-state index in [1.54, 1.807) is 18.0 Å². The molecule has 0 N–H and O–H groups in total. The second kappa shape index (κ2) is 9.52. The molecule has 180 valence electrons. The van der Waals surface area contributed by atoms with Crippen molar-refractivity contribution in [2.24, 2.45) is 0 Å². The van der Waals surface area contributed by atoms with Crippen LogP contribution in [0.4, 0.5) is 13.2 Å². The number of nitrogens with zero attached hydrogens (tertiary/aromatic N) is 4. The summed E-state index contributed by atoms with van der Waals surface area (Å²) >= 11 is 6.40. The summed E-state index contributed by atoms with van der Waals surface area (Å²) in [6.45, 7) is 2.71. The summed E-state index contributed by atoms with van der Waals surface area (Å²) in [7, 11) is 0. The van der Waals surface area contributed by atoms with Crippen LogP contribution in [0.1, 0.15) is 79.4 Å². The maximum Gasteiger partial charge on any atom is 0.419 e. The third-order valence-electron chi connectivity index (χ3n) is 6.72. The van der Waals surface area contributed by atoms with Crippen LogP contribution in [0.3, 0.4) is 0 Å². The Morgan fingerprint density at radius 2 is 1.91 bits per heavy atom. The van der Waals surface area contributed by atoms with Crippen molar-refractivity contribution in [1.29, 1.82) is 0 Å². The molecule has 2 aliphatic rings. The summed E-state index contributed by atoms with van der Waals surface area (Å²) in [6.07, 6.45) is 4.63. The van der Waals surface area contributed by atoms with Gasteiger partial charge in [0.05, 0.1) is 5.56 Å². The van der Waals surface area contributed by atoms with Gasteiger partial charge in [0.2, 0.25) is 6.41 Å². The van der Waals surface area contributed by atoms with Gasteiger partial charge in [-0.15, -0.1) is 0 Å². The highest BCUT2D eigenvalue weighted by Gasteiger charge is 2.38. The Hall–Kier alpha value is -2.29. The van der Waals surface area contributed by atoms with E-state index in [0.29, 0.717) is 18.7 Å². The smallest absolute Gasteiger partial charge is 0.341 e. The molecule has 2 amide bonds. The van der Waals surface area contributed by atoms with Gasteiger partial charge >= 0.3 is 6.18 Å². The minimum absolute atomic E-state index is 0.0781. The molecule has 0 unspecified atom stereocenters. The van der Waals surface area contributed by atoms with Crippen molar-refractivity contribution in [3.63, 3.8) is 0 Å². The van der Waals surface area contributed by atoms with Gasteiger partial charge in [-0.3, -0.25) is 14.0 Å². The Bertz CT molecular complexity index is 1030. The van der Waals surface area contributed by atoms with Gasteiger partial charge in [-0.2, -0.15) is 13.2 Å². The first-order chi connectivity index (χ1) is 15.7. The molecule has 0 saturated heterocycles. The molecule has 33 heavy (non-hydrogen) atoms. The standard InChI is InChI=1S/C23H28ClF3N4O2/c1-2-29(10-11-30(14-32)17-6-4-3-5-7-17)22(33)19-20(24)31-13-16(15-8-9-15)12-18(21(31)28-19)23(25,26)27/h12-15,17H,2-11H2,1H3. The number of alkyl halides is 3. The summed E-state index contributed by atoms with van der Waals surface area (Å²) in [5.41, 5.74) is -0.907. The van der Waals surface area contributed by atoms with Crippen molar-refractivity contribution in [3.8, 4) is 0 Å². The van der Waals surface area contributed by atoms with E-state index in [1.807, 2.05) is 0 Å². The Kier molecular flexibility index (Phi) is 6.88. The van der Waals surface area contributed by atoms with Crippen LogP contribution < -0.4 is 0 Å². The first kappa shape index (κ1) is 23.9. The predicted molar refractivity (Wildman–Crippen MR) is 118 cm³/mol. The summed E-state index contributed by atoms with van der Waals surface area (Å²) in [5, 5.41) is -0.124. The fraction of sp³-hybridized carbons (Fsp3) is 0.609. The van der Waals surface area contributed by atoms with E-state index in [9.17, 15) is 22.8 Å². The third kappa shape index (κ3) is 4.98.